The molecule has 0 fully saturated rings. The van der Waals surface area contributed by atoms with Crippen LogP contribution in [0.15, 0.2) is 12.7 Å². The average Bonchev–Trinajstić information content (AvgIpc) is 2.54. The van der Waals surface area contributed by atoms with Crippen molar-refractivity contribution in [1.29, 1.82) is 0 Å². The Morgan fingerprint density at radius 2 is 1.74 bits per heavy atom. The van der Waals surface area contributed by atoms with Crippen molar-refractivity contribution in [3.8, 4) is 5.63 Å². The molecule has 6 heteroatoms. The first-order chi connectivity index (χ1) is 11.1. The van der Waals surface area contributed by atoms with E-state index < -0.39 is 0 Å². The number of unbranched alkanes of at least 4 members (excludes halogenated alkanes) is 6. The zero-order valence-corrected chi connectivity index (χ0v) is 14.8. The molecule has 0 heterocycles. The molecule has 1 unspecified atom stereocenters. The van der Waals surface area contributed by atoms with Crippen LogP contribution in [0.25, 0.3) is 0 Å². The minimum absolute atomic E-state index is 0.0222. The molecule has 0 saturated carbocycles. The predicted molar refractivity (Wildman–Crippen MR) is 89.8 cm³/mol. The van der Waals surface area contributed by atoms with E-state index in [1.54, 1.807) is 0 Å². The molecule has 0 N–H and O–H groups in total. The van der Waals surface area contributed by atoms with Crippen LogP contribution in [0, 0.1) is 5.63 Å². The van der Waals surface area contributed by atoms with Crippen molar-refractivity contribution >= 4 is 19.9 Å². The van der Waals surface area contributed by atoms with Gasteiger partial charge in [-0.05, 0) is 13.3 Å². The third kappa shape index (κ3) is 15.4. The van der Waals surface area contributed by atoms with Gasteiger partial charge in [0.25, 0.3) is 0 Å². The van der Waals surface area contributed by atoms with Crippen molar-refractivity contribution in [3.63, 3.8) is 0 Å². The van der Waals surface area contributed by atoms with Gasteiger partial charge in [-0.25, -0.2) is 4.79 Å². The second-order valence-electron chi connectivity index (χ2n) is 5.36. The van der Waals surface area contributed by atoms with Crippen LogP contribution in [-0.2, 0) is 23.6 Å². The molecule has 0 spiro atoms. The van der Waals surface area contributed by atoms with Crippen molar-refractivity contribution in [3.05, 3.63) is 12.7 Å². The minimum atomic E-state index is -0.375. The van der Waals surface area contributed by atoms with E-state index in [0.717, 1.165) is 51.4 Å². The molecule has 0 aromatic rings. The molecular formula is C17H27O5P. The van der Waals surface area contributed by atoms with Gasteiger partial charge in [0, 0.05) is 6.08 Å². The number of rotatable bonds is 13. The van der Waals surface area contributed by atoms with Crippen LogP contribution < -0.4 is 0 Å². The van der Waals surface area contributed by atoms with Gasteiger partial charge >= 0.3 is 97.6 Å². The number of carbonyl (C=O) groups excluding carboxylic acids is 2. The van der Waals surface area contributed by atoms with E-state index in [0.29, 0.717) is 6.61 Å². The van der Waals surface area contributed by atoms with Crippen molar-refractivity contribution in [2.75, 3.05) is 6.61 Å². The summed E-state index contributed by atoms with van der Waals surface area (Å²) >= 11 is 0. The van der Waals surface area contributed by atoms with Crippen LogP contribution in [0.2, 0.25) is 0 Å². The molecule has 0 aromatic carbocycles. The zero-order valence-electron chi connectivity index (χ0n) is 13.9. The van der Waals surface area contributed by atoms with Crippen molar-refractivity contribution in [1.82, 2.24) is 0 Å². The Hall–Kier alpha value is -1.31. The molecule has 0 bridgehead atoms. The van der Waals surface area contributed by atoms with Crippen LogP contribution in [0.5, 0.6) is 0 Å². The van der Waals surface area contributed by atoms with Gasteiger partial charge in [0.15, 0.2) is 0 Å². The maximum atomic E-state index is 11.1. The summed E-state index contributed by atoms with van der Waals surface area (Å²) in [4.78, 5) is 22.1. The molecule has 1 atom stereocenters. The third-order valence-electron chi connectivity index (χ3n) is 3.29. The molecule has 0 aliphatic heterocycles. The molecule has 0 aliphatic carbocycles. The van der Waals surface area contributed by atoms with E-state index in [2.05, 4.69) is 12.2 Å². The Labute approximate surface area is 139 Å². The summed E-state index contributed by atoms with van der Waals surface area (Å²) in [6.45, 7) is 5.69. The van der Waals surface area contributed by atoms with Gasteiger partial charge in [-0.1, -0.05) is 6.58 Å². The monoisotopic (exact) mass is 342 g/mol. The van der Waals surface area contributed by atoms with Crippen LogP contribution in [0.3, 0.4) is 0 Å². The fourth-order valence-electron chi connectivity index (χ4n) is 2.06. The topological polar surface area (TPSA) is 69.7 Å². The normalized spacial score (nSPS) is 11.2. The van der Waals surface area contributed by atoms with E-state index in [-0.39, 0.29) is 32.4 Å². The molecule has 23 heavy (non-hydrogen) atoms. The molecule has 5 nitrogen and oxygen atoms in total. The summed E-state index contributed by atoms with van der Waals surface area (Å²) in [5, 5.41) is 0. The van der Waals surface area contributed by atoms with Crippen molar-refractivity contribution in [2.45, 2.75) is 70.8 Å². The summed E-state index contributed by atoms with van der Waals surface area (Å²) < 4.78 is 20.1. The summed E-state index contributed by atoms with van der Waals surface area (Å²) in [6, 6.07) is 0. The fraction of sp³-hybridized carbons (Fsp3) is 0.706. The van der Waals surface area contributed by atoms with Gasteiger partial charge in [0.1, 0.15) is 0 Å². The molecule has 0 rings (SSSR count). The first-order valence-electron chi connectivity index (χ1n) is 8.14. The van der Waals surface area contributed by atoms with Gasteiger partial charge in [0.05, 0.1) is 6.10 Å². The quantitative estimate of drug-likeness (QED) is 0.215. The molecule has 0 saturated heterocycles. The second kappa shape index (κ2) is 15.6. The van der Waals surface area contributed by atoms with Gasteiger partial charge in [0.2, 0.25) is 0 Å². The van der Waals surface area contributed by atoms with E-state index in [1.807, 2.05) is 6.92 Å². The van der Waals surface area contributed by atoms with Gasteiger partial charge < -0.3 is 4.74 Å². The summed E-state index contributed by atoms with van der Waals surface area (Å²) in [6.07, 6.45) is 9.51. The van der Waals surface area contributed by atoms with E-state index in [1.165, 1.54) is 6.08 Å². The Morgan fingerprint density at radius 3 is 2.35 bits per heavy atom. The molecular weight excluding hydrogens is 315 g/mol. The first-order valence-corrected chi connectivity index (χ1v) is 8.95. The SMILES string of the molecule is C=CC(=O)OC(C)CCCCCCCCCOC(=O)CC#P=O. The second-order valence-corrected chi connectivity index (χ2v) is 5.86. The van der Waals surface area contributed by atoms with E-state index >= 15 is 0 Å². The van der Waals surface area contributed by atoms with Gasteiger partial charge in [-0.15, -0.1) is 0 Å². The number of hydrogen-bond acceptors (Lipinski definition) is 5. The Bertz CT molecular complexity index is 455. The Kier molecular flexibility index (Phi) is 14.7. The first kappa shape index (κ1) is 21.7. The molecule has 0 aromatic heterocycles. The molecule has 0 radical (unpaired) electrons. The van der Waals surface area contributed by atoms with E-state index in [4.69, 9.17) is 9.47 Å². The molecule has 0 aliphatic rings. The average molecular weight is 342 g/mol. The Morgan fingerprint density at radius 1 is 1.13 bits per heavy atom. The van der Waals surface area contributed by atoms with Gasteiger partial charge in [-0.3, -0.25) is 0 Å². The number of ether oxygens (including phenoxy) is 2. The van der Waals surface area contributed by atoms with Crippen LogP contribution >= 0.6 is 7.92 Å². The van der Waals surface area contributed by atoms with Crippen LogP contribution in [0.4, 0.5) is 0 Å². The molecule has 0 amide bonds. The number of hydrogen-bond donors (Lipinski definition) is 0. The summed E-state index contributed by atoms with van der Waals surface area (Å²) in [5.74, 6) is -0.735. The van der Waals surface area contributed by atoms with Crippen LogP contribution in [-0.4, -0.2) is 24.6 Å². The summed E-state index contributed by atoms with van der Waals surface area (Å²) in [7, 11) is -0.258. The standard InChI is InChI=1S/C17H27O5P/c1-3-16(18)22-15(2)11-9-7-5-4-6-8-10-13-21-17(19)12-14-23-20/h3,15H,1,4-13H2,2H3. The summed E-state index contributed by atoms with van der Waals surface area (Å²) in [5.41, 5.74) is 2.36. The third-order valence-corrected chi connectivity index (χ3v) is 3.58. The molecule has 130 valence electrons. The van der Waals surface area contributed by atoms with Crippen LogP contribution in [0.1, 0.15) is 64.7 Å². The van der Waals surface area contributed by atoms with Crippen molar-refractivity contribution in [2.24, 2.45) is 0 Å². The number of carbonyl (C=O) groups is 2. The van der Waals surface area contributed by atoms with Gasteiger partial charge in [-0.2, -0.15) is 0 Å². The Balaban J connectivity index is 3.31. The zero-order chi connectivity index (χ0) is 17.3. The number of esters is 2. The predicted octanol–water partition coefficient (Wildman–Crippen LogP) is 4.41. The maximum absolute atomic E-state index is 11.1. The van der Waals surface area contributed by atoms with E-state index in [9.17, 15) is 14.2 Å². The van der Waals surface area contributed by atoms with Crippen molar-refractivity contribution < 1.29 is 23.6 Å². The fourth-order valence-corrected chi connectivity index (χ4v) is 2.25.